The largest absolute Gasteiger partial charge is 0.441 e. The lowest BCUT2D eigenvalue weighted by molar-refractivity contribution is -0.142. The van der Waals surface area contributed by atoms with E-state index in [9.17, 15) is 18.4 Å². The third-order valence-corrected chi connectivity index (χ3v) is 7.03. The Labute approximate surface area is 186 Å². The first-order chi connectivity index (χ1) is 15.2. The summed E-state index contributed by atoms with van der Waals surface area (Å²) in [5, 5.41) is 0. The van der Waals surface area contributed by atoms with Crippen LogP contribution in [-0.2, 0) is 15.5 Å². The molecule has 7 heteroatoms. The van der Waals surface area contributed by atoms with E-state index in [1.807, 2.05) is 49.1 Å². The number of para-hydroxylation sites is 1. The maximum atomic E-state index is 14.6. The molecule has 0 N–H and O–H groups in total. The lowest BCUT2D eigenvalue weighted by Gasteiger charge is -2.40. The Bertz CT molecular complexity index is 1050. The van der Waals surface area contributed by atoms with Crippen molar-refractivity contribution in [3.8, 4) is 0 Å². The molecule has 1 aliphatic carbocycles. The number of alkyl halides is 2. The summed E-state index contributed by atoms with van der Waals surface area (Å²) in [6, 6.07) is 15.3. The molecule has 1 unspecified atom stereocenters. The molecule has 32 heavy (non-hydrogen) atoms. The quantitative estimate of drug-likeness (QED) is 0.641. The van der Waals surface area contributed by atoms with Gasteiger partial charge in [-0.05, 0) is 51.2 Å². The van der Waals surface area contributed by atoms with Gasteiger partial charge in [-0.2, -0.15) is 8.78 Å². The average Bonchev–Trinajstić information content (AvgIpc) is 3.14. The second kappa shape index (κ2) is 7.29. The van der Waals surface area contributed by atoms with Gasteiger partial charge in [-0.25, -0.2) is 4.79 Å². The van der Waals surface area contributed by atoms with E-state index in [-0.39, 0.29) is 29.8 Å². The SMILES string of the molecule is CC1(C)OC(=O)N(C2CCC(N3C(=O)C(F)(F)c4ccccc43)CC2)C1c1ccccc1. The molecule has 168 valence electrons. The van der Waals surface area contributed by atoms with Crippen LogP contribution in [0.3, 0.4) is 0 Å². The molecule has 5 rings (SSSR count). The zero-order valence-corrected chi connectivity index (χ0v) is 18.1. The molecule has 0 radical (unpaired) electrons. The smallest absolute Gasteiger partial charge is 0.411 e. The van der Waals surface area contributed by atoms with Gasteiger partial charge in [0.2, 0.25) is 0 Å². The number of halogens is 2. The molecule has 3 aliphatic rings. The van der Waals surface area contributed by atoms with Crippen molar-refractivity contribution in [2.24, 2.45) is 0 Å². The molecule has 2 aromatic rings. The fourth-order valence-corrected chi connectivity index (χ4v) is 5.61. The molecule has 0 spiro atoms. The Morgan fingerprint density at radius 2 is 1.47 bits per heavy atom. The van der Waals surface area contributed by atoms with E-state index in [1.54, 1.807) is 12.1 Å². The predicted molar refractivity (Wildman–Crippen MR) is 115 cm³/mol. The van der Waals surface area contributed by atoms with Crippen LogP contribution >= 0.6 is 0 Å². The van der Waals surface area contributed by atoms with Crippen LogP contribution in [0.4, 0.5) is 19.3 Å². The third kappa shape index (κ3) is 3.09. The van der Waals surface area contributed by atoms with Crippen molar-refractivity contribution in [3.63, 3.8) is 0 Å². The molecule has 2 aliphatic heterocycles. The minimum atomic E-state index is -3.49. The molecule has 2 heterocycles. The first kappa shape index (κ1) is 20.9. The van der Waals surface area contributed by atoms with Crippen LogP contribution in [0, 0.1) is 0 Å². The van der Waals surface area contributed by atoms with E-state index < -0.39 is 17.4 Å². The van der Waals surface area contributed by atoms with E-state index in [0.717, 1.165) is 5.56 Å². The molecule has 1 saturated heterocycles. The average molecular weight is 440 g/mol. The van der Waals surface area contributed by atoms with Crippen LogP contribution in [0.5, 0.6) is 0 Å². The van der Waals surface area contributed by atoms with Gasteiger partial charge < -0.3 is 9.64 Å². The van der Waals surface area contributed by atoms with Gasteiger partial charge in [-0.15, -0.1) is 0 Å². The molecule has 0 aromatic heterocycles. The minimum Gasteiger partial charge on any atom is -0.441 e. The van der Waals surface area contributed by atoms with Crippen LogP contribution in [0.25, 0.3) is 0 Å². The fraction of sp³-hybridized carbons (Fsp3) is 0.440. The Morgan fingerprint density at radius 1 is 0.875 bits per heavy atom. The Morgan fingerprint density at radius 3 is 2.16 bits per heavy atom. The zero-order valence-electron chi connectivity index (χ0n) is 18.1. The van der Waals surface area contributed by atoms with Crippen molar-refractivity contribution in [2.75, 3.05) is 4.90 Å². The van der Waals surface area contributed by atoms with Crippen molar-refractivity contribution in [3.05, 3.63) is 65.7 Å². The number of carbonyl (C=O) groups is 2. The molecule has 1 saturated carbocycles. The van der Waals surface area contributed by atoms with Gasteiger partial charge in [-0.3, -0.25) is 9.69 Å². The number of amides is 2. The molecule has 0 bridgehead atoms. The topological polar surface area (TPSA) is 49.9 Å². The number of hydrogen-bond donors (Lipinski definition) is 0. The Balaban J connectivity index is 1.37. The standard InChI is InChI=1S/C25H26F2N2O3/c1-24(2)21(16-8-4-3-5-9-16)29(23(31)32-24)18-14-12-17(13-15-18)28-20-11-7-6-10-19(20)25(26,27)22(28)30/h3-11,17-18,21H,12-15H2,1-2H3. The van der Waals surface area contributed by atoms with Gasteiger partial charge >= 0.3 is 17.9 Å². The highest BCUT2D eigenvalue weighted by Gasteiger charge is 2.56. The lowest BCUT2D eigenvalue weighted by atomic mass is 9.85. The van der Waals surface area contributed by atoms with Crippen LogP contribution in [0.15, 0.2) is 54.6 Å². The number of nitrogens with zero attached hydrogens (tertiary/aromatic N) is 2. The summed E-state index contributed by atoms with van der Waals surface area (Å²) in [6.45, 7) is 3.83. The molecule has 5 nitrogen and oxygen atoms in total. The molecule has 1 atom stereocenters. The number of fused-ring (bicyclic) bond motifs is 1. The van der Waals surface area contributed by atoms with Crippen LogP contribution in [0.1, 0.15) is 56.7 Å². The number of benzene rings is 2. The summed E-state index contributed by atoms with van der Waals surface area (Å²) < 4.78 is 34.9. The van der Waals surface area contributed by atoms with Gasteiger partial charge in [-0.1, -0.05) is 48.5 Å². The minimum absolute atomic E-state index is 0.0702. The van der Waals surface area contributed by atoms with Gasteiger partial charge in [0, 0.05) is 12.1 Å². The Hall–Kier alpha value is -2.96. The van der Waals surface area contributed by atoms with Gasteiger partial charge in [0.15, 0.2) is 0 Å². The van der Waals surface area contributed by atoms with Crippen molar-refractivity contribution in [2.45, 2.75) is 69.2 Å². The zero-order chi connectivity index (χ0) is 22.7. The summed E-state index contributed by atoms with van der Waals surface area (Å²) in [5.41, 5.74) is 0.408. The monoisotopic (exact) mass is 440 g/mol. The second-order valence-corrected chi connectivity index (χ2v) is 9.42. The first-order valence-electron chi connectivity index (χ1n) is 11.1. The van der Waals surface area contributed by atoms with Crippen molar-refractivity contribution < 1.29 is 23.1 Å². The van der Waals surface area contributed by atoms with Crippen LogP contribution in [0.2, 0.25) is 0 Å². The van der Waals surface area contributed by atoms with E-state index >= 15 is 0 Å². The summed E-state index contributed by atoms with van der Waals surface area (Å²) >= 11 is 0. The number of ether oxygens (including phenoxy) is 1. The van der Waals surface area contributed by atoms with Gasteiger partial charge in [0.25, 0.3) is 0 Å². The highest BCUT2D eigenvalue weighted by molar-refractivity contribution is 6.06. The van der Waals surface area contributed by atoms with Crippen LogP contribution < -0.4 is 4.90 Å². The molecule has 2 fully saturated rings. The highest BCUT2D eigenvalue weighted by atomic mass is 19.3. The normalized spacial score (nSPS) is 28.6. The highest BCUT2D eigenvalue weighted by Crippen LogP contribution is 2.48. The van der Waals surface area contributed by atoms with Gasteiger partial charge in [0.1, 0.15) is 5.60 Å². The predicted octanol–water partition coefficient (Wildman–Crippen LogP) is 5.41. The van der Waals surface area contributed by atoms with E-state index in [2.05, 4.69) is 0 Å². The number of rotatable bonds is 3. The van der Waals surface area contributed by atoms with E-state index in [4.69, 9.17) is 4.74 Å². The van der Waals surface area contributed by atoms with Crippen LogP contribution in [-0.4, -0.2) is 34.6 Å². The number of carbonyl (C=O) groups excluding carboxylic acids is 2. The summed E-state index contributed by atoms with van der Waals surface area (Å²) in [6.07, 6.45) is 1.99. The van der Waals surface area contributed by atoms with E-state index in [1.165, 1.54) is 17.0 Å². The third-order valence-electron chi connectivity index (χ3n) is 7.03. The summed E-state index contributed by atoms with van der Waals surface area (Å²) in [4.78, 5) is 28.5. The van der Waals surface area contributed by atoms with Crippen molar-refractivity contribution >= 4 is 17.7 Å². The second-order valence-electron chi connectivity index (χ2n) is 9.42. The summed E-state index contributed by atoms with van der Waals surface area (Å²) in [7, 11) is 0. The van der Waals surface area contributed by atoms with Crippen molar-refractivity contribution in [1.29, 1.82) is 0 Å². The number of cyclic esters (lactones) is 1. The molecular formula is C25H26F2N2O3. The lowest BCUT2D eigenvalue weighted by Crippen LogP contribution is -2.48. The fourth-order valence-electron chi connectivity index (χ4n) is 5.61. The maximum Gasteiger partial charge on any atom is 0.411 e. The Kier molecular flexibility index (Phi) is 4.76. The number of hydrogen-bond acceptors (Lipinski definition) is 3. The molecule has 2 amide bonds. The number of anilines is 1. The maximum absolute atomic E-state index is 14.6. The molecular weight excluding hydrogens is 414 g/mol. The first-order valence-corrected chi connectivity index (χ1v) is 11.1. The van der Waals surface area contributed by atoms with Gasteiger partial charge in [0.05, 0.1) is 17.3 Å². The van der Waals surface area contributed by atoms with E-state index in [0.29, 0.717) is 31.4 Å². The van der Waals surface area contributed by atoms with Crippen molar-refractivity contribution in [1.82, 2.24) is 4.90 Å². The summed E-state index contributed by atoms with van der Waals surface area (Å²) in [5.74, 6) is -4.64. The molecule has 2 aromatic carbocycles.